The van der Waals surface area contributed by atoms with Crippen molar-refractivity contribution in [3.63, 3.8) is 0 Å². The molecule has 0 spiro atoms. The molecule has 0 saturated carbocycles. The van der Waals surface area contributed by atoms with Crippen LogP contribution >= 0.6 is 0 Å². The molecule has 0 radical (unpaired) electrons. The summed E-state index contributed by atoms with van der Waals surface area (Å²) < 4.78 is 10.7. The van der Waals surface area contributed by atoms with Gasteiger partial charge in [-0.25, -0.2) is 0 Å². The molecule has 0 aromatic heterocycles. The molecule has 1 aliphatic rings. The lowest BCUT2D eigenvalue weighted by Crippen LogP contribution is -2.25. The van der Waals surface area contributed by atoms with Crippen molar-refractivity contribution in [2.75, 3.05) is 26.1 Å². The molecule has 4 heteroatoms. The minimum Gasteiger partial charge on any atom is -0.497 e. The minimum absolute atomic E-state index is 0.848. The van der Waals surface area contributed by atoms with Crippen molar-refractivity contribution in [1.82, 2.24) is 5.32 Å². The van der Waals surface area contributed by atoms with Crippen LogP contribution in [0.1, 0.15) is 11.1 Å². The van der Waals surface area contributed by atoms with E-state index >= 15 is 0 Å². The van der Waals surface area contributed by atoms with E-state index in [4.69, 9.17) is 9.47 Å². The second-order valence-electron chi connectivity index (χ2n) is 5.06. The standard InChI is InChI=1S/C17H20N2O2/c1-20-13-5-3-4-12(10-13)19-16-6-7-17(21-2)14-8-9-18-11-15(14)16/h3-7,10,18-19H,8-9,11H2,1-2H3. The van der Waals surface area contributed by atoms with E-state index in [1.165, 1.54) is 11.1 Å². The van der Waals surface area contributed by atoms with Crippen LogP contribution in [0.25, 0.3) is 0 Å². The van der Waals surface area contributed by atoms with Crippen LogP contribution in [0.2, 0.25) is 0 Å². The molecule has 0 aliphatic carbocycles. The van der Waals surface area contributed by atoms with Crippen LogP contribution in [0.5, 0.6) is 11.5 Å². The van der Waals surface area contributed by atoms with E-state index in [-0.39, 0.29) is 0 Å². The van der Waals surface area contributed by atoms with Gasteiger partial charge in [-0.05, 0) is 42.8 Å². The molecule has 1 aliphatic heterocycles. The monoisotopic (exact) mass is 284 g/mol. The lowest BCUT2D eigenvalue weighted by Gasteiger charge is -2.23. The molecule has 1 heterocycles. The van der Waals surface area contributed by atoms with Gasteiger partial charge in [0.2, 0.25) is 0 Å². The van der Waals surface area contributed by atoms with Crippen molar-refractivity contribution in [3.05, 3.63) is 47.5 Å². The number of hydrogen-bond donors (Lipinski definition) is 2. The van der Waals surface area contributed by atoms with Gasteiger partial charge in [0.25, 0.3) is 0 Å². The lowest BCUT2D eigenvalue weighted by molar-refractivity contribution is 0.406. The van der Waals surface area contributed by atoms with Crippen molar-refractivity contribution in [2.24, 2.45) is 0 Å². The van der Waals surface area contributed by atoms with E-state index in [1.54, 1.807) is 14.2 Å². The third kappa shape index (κ3) is 2.81. The Kier molecular flexibility index (Phi) is 3.97. The first-order valence-corrected chi connectivity index (χ1v) is 7.12. The van der Waals surface area contributed by atoms with Crippen LogP contribution in [0.4, 0.5) is 11.4 Å². The summed E-state index contributed by atoms with van der Waals surface area (Å²) in [6, 6.07) is 12.1. The van der Waals surface area contributed by atoms with Crippen LogP contribution in [-0.4, -0.2) is 20.8 Å². The van der Waals surface area contributed by atoms with Gasteiger partial charge in [0.05, 0.1) is 14.2 Å². The predicted octanol–water partition coefficient (Wildman–Crippen LogP) is 3.09. The molecule has 110 valence electrons. The number of nitrogens with one attached hydrogen (secondary N) is 2. The van der Waals surface area contributed by atoms with Gasteiger partial charge in [-0.2, -0.15) is 0 Å². The number of anilines is 2. The van der Waals surface area contributed by atoms with Gasteiger partial charge in [0.1, 0.15) is 11.5 Å². The Morgan fingerprint density at radius 3 is 2.76 bits per heavy atom. The molecule has 21 heavy (non-hydrogen) atoms. The first-order valence-electron chi connectivity index (χ1n) is 7.12. The van der Waals surface area contributed by atoms with Crippen molar-refractivity contribution < 1.29 is 9.47 Å². The second-order valence-corrected chi connectivity index (χ2v) is 5.06. The summed E-state index contributed by atoms with van der Waals surface area (Å²) in [6.45, 7) is 1.85. The Hall–Kier alpha value is -2.20. The molecule has 2 aromatic rings. The van der Waals surface area contributed by atoms with Crippen LogP contribution in [0.15, 0.2) is 36.4 Å². The highest BCUT2D eigenvalue weighted by Gasteiger charge is 2.17. The van der Waals surface area contributed by atoms with Gasteiger partial charge in [0.15, 0.2) is 0 Å². The number of benzene rings is 2. The predicted molar refractivity (Wildman–Crippen MR) is 84.7 cm³/mol. The van der Waals surface area contributed by atoms with Gasteiger partial charge in [-0.15, -0.1) is 0 Å². The number of ether oxygens (including phenoxy) is 2. The fraction of sp³-hybridized carbons (Fsp3) is 0.294. The average molecular weight is 284 g/mol. The molecule has 0 atom stereocenters. The van der Waals surface area contributed by atoms with E-state index in [0.29, 0.717) is 0 Å². The Balaban J connectivity index is 1.95. The highest BCUT2D eigenvalue weighted by molar-refractivity contribution is 5.68. The Morgan fingerprint density at radius 1 is 1.05 bits per heavy atom. The van der Waals surface area contributed by atoms with Crippen LogP contribution < -0.4 is 20.1 Å². The summed E-state index contributed by atoms with van der Waals surface area (Å²) in [4.78, 5) is 0. The van der Waals surface area contributed by atoms with Gasteiger partial charge in [-0.1, -0.05) is 6.07 Å². The molecule has 0 bridgehead atoms. The summed E-state index contributed by atoms with van der Waals surface area (Å²) in [5.74, 6) is 1.82. The molecule has 0 fully saturated rings. The van der Waals surface area contributed by atoms with Crippen LogP contribution in [0, 0.1) is 0 Å². The van der Waals surface area contributed by atoms with Crippen molar-refractivity contribution in [1.29, 1.82) is 0 Å². The SMILES string of the molecule is COc1cccc(Nc2ccc(OC)c3c2CNCC3)c1. The Labute approximate surface area is 125 Å². The highest BCUT2D eigenvalue weighted by atomic mass is 16.5. The summed E-state index contributed by atoms with van der Waals surface area (Å²) in [6.07, 6.45) is 0.992. The highest BCUT2D eigenvalue weighted by Crippen LogP contribution is 2.33. The summed E-state index contributed by atoms with van der Waals surface area (Å²) in [5, 5.41) is 6.90. The van der Waals surface area contributed by atoms with E-state index in [9.17, 15) is 0 Å². The first kappa shape index (κ1) is 13.8. The van der Waals surface area contributed by atoms with Crippen LogP contribution in [-0.2, 0) is 13.0 Å². The van der Waals surface area contributed by atoms with E-state index in [0.717, 1.165) is 42.4 Å². The third-order valence-electron chi connectivity index (χ3n) is 3.81. The number of fused-ring (bicyclic) bond motifs is 1. The lowest BCUT2D eigenvalue weighted by atomic mass is 9.98. The maximum absolute atomic E-state index is 5.48. The molecular weight excluding hydrogens is 264 g/mol. The molecule has 0 amide bonds. The van der Waals surface area contributed by atoms with Gasteiger partial charge in [0, 0.05) is 29.5 Å². The zero-order valence-electron chi connectivity index (χ0n) is 12.4. The smallest absolute Gasteiger partial charge is 0.122 e. The minimum atomic E-state index is 0.848. The van der Waals surface area contributed by atoms with Crippen molar-refractivity contribution >= 4 is 11.4 Å². The number of hydrogen-bond acceptors (Lipinski definition) is 4. The van der Waals surface area contributed by atoms with E-state index < -0.39 is 0 Å². The van der Waals surface area contributed by atoms with Crippen LogP contribution in [0.3, 0.4) is 0 Å². The van der Waals surface area contributed by atoms with Crippen molar-refractivity contribution in [2.45, 2.75) is 13.0 Å². The molecule has 2 N–H and O–H groups in total. The average Bonchev–Trinajstić information content (AvgIpc) is 2.55. The topological polar surface area (TPSA) is 42.5 Å². The summed E-state index contributed by atoms with van der Waals surface area (Å²) >= 11 is 0. The molecular formula is C17H20N2O2. The van der Waals surface area contributed by atoms with E-state index in [2.05, 4.69) is 16.7 Å². The molecule has 3 rings (SSSR count). The largest absolute Gasteiger partial charge is 0.497 e. The number of rotatable bonds is 4. The third-order valence-corrected chi connectivity index (χ3v) is 3.81. The maximum Gasteiger partial charge on any atom is 0.122 e. The fourth-order valence-corrected chi connectivity index (χ4v) is 2.74. The first-order chi connectivity index (χ1) is 10.3. The zero-order chi connectivity index (χ0) is 14.7. The second kappa shape index (κ2) is 6.06. The maximum atomic E-state index is 5.48. The summed E-state index contributed by atoms with van der Waals surface area (Å²) in [7, 11) is 3.41. The van der Waals surface area contributed by atoms with Gasteiger partial charge >= 0.3 is 0 Å². The van der Waals surface area contributed by atoms with E-state index in [1.807, 2.05) is 30.3 Å². The number of methoxy groups -OCH3 is 2. The molecule has 0 unspecified atom stereocenters. The quantitative estimate of drug-likeness (QED) is 0.905. The molecule has 0 saturated heterocycles. The van der Waals surface area contributed by atoms with Gasteiger partial charge < -0.3 is 20.1 Å². The summed E-state index contributed by atoms with van der Waals surface area (Å²) in [5.41, 5.74) is 4.71. The molecule has 4 nitrogen and oxygen atoms in total. The normalized spacial score (nSPS) is 13.4. The Morgan fingerprint density at radius 2 is 1.95 bits per heavy atom. The fourth-order valence-electron chi connectivity index (χ4n) is 2.74. The zero-order valence-corrected chi connectivity index (χ0v) is 12.4. The Bertz CT molecular complexity index is 641. The van der Waals surface area contributed by atoms with Crippen molar-refractivity contribution in [3.8, 4) is 11.5 Å². The molecule has 2 aromatic carbocycles. The van der Waals surface area contributed by atoms with Gasteiger partial charge in [-0.3, -0.25) is 0 Å².